The van der Waals surface area contributed by atoms with Crippen LogP contribution in [0.5, 0.6) is 0 Å². The van der Waals surface area contributed by atoms with E-state index in [2.05, 4.69) is 5.32 Å². The second-order valence-electron chi connectivity index (χ2n) is 4.62. The number of anilines is 1. The third-order valence-electron chi connectivity index (χ3n) is 2.92. The summed E-state index contributed by atoms with van der Waals surface area (Å²) in [5.74, 6) is -0.391. The molecule has 7 heteroatoms. The summed E-state index contributed by atoms with van der Waals surface area (Å²) in [4.78, 5) is 11.9. The number of hydrogen-bond acceptors (Lipinski definition) is 3. The molecule has 112 valence electrons. The number of benzene rings is 1. The molecule has 0 saturated heterocycles. The predicted octanol–water partition coefficient (Wildman–Crippen LogP) is 2.34. The van der Waals surface area contributed by atoms with E-state index in [0.29, 0.717) is 17.1 Å². The van der Waals surface area contributed by atoms with Crippen LogP contribution in [0.4, 0.5) is 5.69 Å². The zero-order valence-corrected chi connectivity index (χ0v) is 13.3. The first-order valence-corrected chi connectivity index (χ1v) is 8.49. The summed E-state index contributed by atoms with van der Waals surface area (Å²) in [6.45, 7) is 3.44. The number of carbonyl (C=O) groups is 1. The third kappa shape index (κ3) is 5.11. The number of nitrogens with zero attached hydrogens (tertiary/aromatic N) is 1. The highest BCUT2D eigenvalue weighted by Crippen LogP contribution is 2.15. The van der Waals surface area contributed by atoms with Gasteiger partial charge in [0.2, 0.25) is 15.9 Å². The number of hydrogen-bond donors (Lipinski definition) is 1. The van der Waals surface area contributed by atoms with Gasteiger partial charge in [-0.15, -0.1) is 0 Å². The summed E-state index contributed by atoms with van der Waals surface area (Å²) in [6.07, 6.45) is 1.74. The standard InChI is InChI=1S/C13H19ClN2O3S/c1-4-10(2)16(20(3,18)19)9-13(17)15-12-7-5-6-11(14)8-12/h5-8,10H,4,9H2,1-3H3,(H,15,17). The van der Waals surface area contributed by atoms with Crippen LogP contribution in [0.1, 0.15) is 20.3 Å². The topological polar surface area (TPSA) is 66.5 Å². The van der Waals surface area contributed by atoms with Crippen molar-refractivity contribution < 1.29 is 13.2 Å². The first kappa shape index (κ1) is 16.9. The summed E-state index contributed by atoms with van der Waals surface area (Å²) < 4.78 is 24.6. The van der Waals surface area contributed by atoms with Crippen LogP contribution in [-0.4, -0.2) is 37.5 Å². The molecule has 0 aromatic heterocycles. The molecule has 1 rings (SSSR count). The Morgan fingerprint density at radius 1 is 1.45 bits per heavy atom. The minimum atomic E-state index is -3.43. The second-order valence-corrected chi connectivity index (χ2v) is 7.00. The number of rotatable bonds is 6. The van der Waals surface area contributed by atoms with Crippen molar-refractivity contribution in [1.29, 1.82) is 0 Å². The molecule has 1 N–H and O–H groups in total. The predicted molar refractivity (Wildman–Crippen MR) is 81.4 cm³/mol. The van der Waals surface area contributed by atoms with E-state index < -0.39 is 15.9 Å². The summed E-state index contributed by atoms with van der Waals surface area (Å²) in [5.41, 5.74) is 0.542. The van der Waals surface area contributed by atoms with Crippen molar-refractivity contribution in [2.75, 3.05) is 18.1 Å². The molecule has 1 amide bonds. The smallest absolute Gasteiger partial charge is 0.239 e. The lowest BCUT2D eigenvalue weighted by atomic mass is 10.2. The third-order valence-corrected chi connectivity index (χ3v) is 4.49. The molecule has 0 saturated carbocycles. The largest absolute Gasteiger partial charge is 0.325 e. The SMILES string of the molecule is CCC(C)N(CC(=O)Nc1cccc(Cl)c1)S(C)(=O)=O. The molecular formula is C13H19ClN2O3S. The van der Waals surface area contributed by atoms with Crippen LogP contribution in [0.2, 0.25) is 5.02 Å². The monoisotopic (exact) mass is 318 g/mol. The lowest BCUT2D eigenvalue weighted by Gasteiger charge is -2.25. The van der Waals surface area contributed by atoms with E-state index in [1.165, 1.54) is 4.31 Å². The summed E-state index contributed by atoms with van der Waals surface area (Å²) in [6, 6.07) is 6.47. The Labute approximate surface area is 125 Å². The molecular weight excluding hydrogens is 300 g/mol. The van der Waals surface area contributed by atoms with E-state index in [4.69, 9.17) is 11.6 Å². The van der Waals surface area contributed by atoms with Crippen LogP contribution >= 0.6 is 11.6 Å². The number of carbonyl (C=O) groups excluding carboxylic acids is 1. The number of amides is 1. The Bertz CT molecular complexity index is 575. The van der Waals surface area contributed by atoms with Gasteiger partial charge in [-0.1, -0.05) is 24.6 Å². The molecule has 1 atom stereocenters. The second kappa shape index (κ2) is 7.06. The molecule has 1 aromatic rings. The summed E-state index contributed by atoms with van der Waals surface area (Å²) in [7, 11) is -3.43. The maximum absolute atomic E-state index is 11.9. The van der Waals surface area contributed by atoms with Crippen molar-refractivity contribution >= 4 is 33.2 Å². The van der Waals surface area contributed by atoms with Gasteiger partial charge < -0.3 is 5.32 Å². The lowest BCUT2D eigenvalue weighted by Crippen LogP contribution is -2.42. The molecule has 0 bridgehead atoms. The number of nitrogens with one attached hydrogen (secondary N) is 1. The molecule has 5 nitrogen and oxygen atoms in total. The Morgan fingerprint density at radius 3 is 2.60 bits per heavy atom. The number of sulfonamides is 1. The highest BCUT2D eigenvalue weighted by atomic mass is 35.5. The minimum Gasteiger partial charge on any atom is -0.325 e. The quantitative estimate of drug-likeness (QED) is 0.875. The van der Waals surface area contributed by atoms with Gasteiger partial charge in [0.05, 0.1) is 12.8 Å². The van der Waals surface area contributed by atoms with Gasteiger partial charge in [-0.3, -0.25) is 4.79 Å². The van der Waals surface area contributed by atoms with Crippen LogP contribution in [0.25, 0.3) is 0 Å². The van der Waals surface area contributed by atoms with Gasteiger partial charge in [-0.2, -0.15) is 4.31 Å². The van der Waals surface area contributed by atoms with Crippen molar-refractivity contribution in [3.05, 3.63) is 29.3 Å². The van der Waals surface area contributed by atoms with Crippen LogP contribution in [0.3, 0.4) is 0 Å². The van der Waals surface area contributed by atoms with Gasteiger partial charge in [0, 0.05) is 16.8 Å². The molecule has 1 aromatic carbocycles. The Balaban J connectivity index is 2.77. The van der Waals surface area contributed by atoms with Crippen LogP contribution < -0.4 is 5.32 Å². The molecule has 0 heterocycles. The highest BCUT2D eigenvalue weighted by molar-refractivity contribution is 7.88. The average molecular weight is 319 g/mol. The lowest BCUT2D eigenvalue weighted by molar-refractivity contribution is -0.116. The molecule has 0 fully saturated rings. The molecule has 20 heavy (non-hydrogen) atoms. The zero-order valence-electron chi connectivity index (χ0n) is 11.8. The minimum absolute atomic E-state index is 0.208. The van der Waals surface area contributed by atoms with E-state index in [1.807, 2.05) is 6.92 Å². The summed E-state index contributed by atoms with van der Waals surface area (Å²) >= 11 is 5.82. The molecule has 0 aliphatic carbocycles. The normalized spacial score (nSPS) is 13.2. The fourth-order valence-corrected chi connectivity index (χ4v) is 3.06. The maximum atomic E-state index is 11.9. The van der Waals surface area contributed by atoms with Gasteiger partial charge in [-0.05, 0) is 31.5 Å². The van der Waals surface area contributed by atoms with Crippen molar-refractivity contribution in [2.24, 2.45) is 0 Å². The van der Waals surface area contributed by atoms with Crippen LogP contribution in [0.15, 0.2) is 24.3 Å². The highest BCUT2D eigenvalue weighted by Gasteiger charge is 2.24. The molecule has 0 aliphatic heterocycles. The van der Waals surface area contributed by atoms with Crippen molar-refractivity contribution in [2.45, 2.75) is 26.3 Å². The van der Waals surface area contributed by atoms with Crippen LogP contribution in [-0.2, 0) is 14.8 Å². The molecule has 0 aliphatic rings. The van der Waals surface area contributed by atoms with Crippen LogP contribution in [0, 0.1) is 0 Å². The van der Waals surface area contributed by atoms with E-state index in [0.717, 1.165) is 6.26 Å². The van der Waals surface area contributed by atoms with E-state index in [1.54, 1.807) is 31.2 Å². The first-order valence-electron chi connectivity index (χ1n) is 6.26. The van der Waals surface area contributed by atoms with Crippen molar-refractivity contribution in [1.82, 2.24) is 4.31 Å². The molecule has 0 spiro atoms. The molecule has 1 unspecified atom stereocenters. The van der Waals surface area contributed by atoms with Crippen molar-refractivity contribution in [3.63, 3.8) is 0 Å². The fourth-order valence-electron chi connectivity index (χ4n) is 1.71. The van der Waals surface area contributed by atoms with Gasteiger partial charge in [0.25, 0.3) is 0 Å². The van der Waals surface area contributed by atoms with E-state index >= 15 is 0 Å². The van der Waals surface area contributed by atoms with E-state index in [-0.39, 0.29) is 12.6 Å². The maximum Gasteiger partial charge on any atom is 0.239 e. The van der Waals surface area contributed by atoms with Crippen molar-refractivity contribution in [3.8, 4) is 0 Å². The zero-order chi connectivity index (χ0) is 15.3. The first-order chi connectivity index (χ1) is 9.24. The summed E-state index contributed by atoms with van der Waals surface area (Å²) in [5, 5.41) is 3.14. The Morgan fingerprint density at radius 2 is 2.10 bits per heavy atom. The molecule has 0 radical (unpaired) electrons. The van der Waals surface area contributed by atoms with E-state index in [9.17, 15) is 13.2 Å². The average Bonchev–Trinajstić information content (AvgIpc) is 2.33. The Kier molecular flexibility index (Phi) is 5.98. The van der Waals surface area contributed by atoms with Gasteiger partial charge in [-0.25, -0.2) is 8.42 Å². The van der Waals surface area contributed by atoms with Gasteiger partial charge in [0.1, 0.15) is 0 Å². The van der Waals surface area contributed by atoms with Gasteiger partial charge in [0.15, 0.2) is 0 Å². The fraction of sp³-hybridized carbons (Fsp3) is 0.462. The van der Waals surface area contributed by atoms with Gasteiger partial charge >= 0.3 is 0 Å². The number of halogens is 1. The Hall–Kier alpha value is -1.11.